The van der Waals surface area contributed by atoms with Crippen molar-refractivity contribution >= 4 is 35.0 Å². The Balaban J connectivity index is 1.39. The van der Waals surface area contributed by atoms with E-state index >= 15 is 0 Å². The largest absolute Gasteiger partial charge is 0.465 e. The number of carboxylic acid groups (broad SMARTS) is 1. The average Bonchev–Trinajstić information content (AvgIpc) is 3.56. The van der Waals surface area contributed by atoms with Crippen LogP contribution >= 0.6 is 11.6 Å². The van der Waals surface area contributed by atoms with Gasteiger partial charge in [0.1, 0.15) is 6.33 Å². The minimum Gasteiger partial charge on any atom is -0.465 e. The number of carbonyl (C=O) groups is 1. The molecule has 42 heavy (non-hydrogen) atoms. The highest BCUT2D eigenvalue weighted by Gasteiger charge is 2.14. The average molecular weight is 572 g/mol. The van der Waals surface area contributed by atoms with Gasteiger partial charge < -0.3 is 5.11 Å². The van der Waals surface area contributed by atoms with Gasteiger partial charge >= 0.3 is 6.09 Å². The van der Waals surface area contributed by atoms with Crippen LogP contribution in [-0.2, 0) is 0 Å². The Morgan fingerprint density at radius 2 is 1.64 bits per heavy atom. The molecule has 0 atom stereocenters. The Hall–Kier alpha value is -5.67. The Morgan fingerprint density at radius 1 is 0.833 bits per heavy atom. The number of amides is 1. The standard InChI is InChI=1S/C32H22ClN7O2/c33-25-9-13-31(40-20-36-38-39-40)27(18-25)24-8-12-29(35-19-24)28(16-21-4-2-1-3-5-21)30-17-23(14-15-34-30)22-6-10-26(11-7-22)37-32(41)42/h1-20,37H,(H,41,42)/b28-16-. The van der Waals surface area contributed by atoms with E-state index in [1.165, 1.54) is 6.33 Å². The summed E-state index contributed by atoms with van der Waals surface area (Å²) < 4.78 is 1.58. The van der Waals surface area contributed by atoms with Crippen molar-refractivity contribution < 1.29 is 9.90 Å². The summed E-state index contributed by atoms with van der Waals surface area (Å²) in [5, 5.41) is 23.5. The molecule has 204 valence electrons. The number of pyridine rings is 2. The number of nitrogens with zero attached hydrogens (tertiary/aromatic N) is 6. The van der Waals surface area contributed by atoms with Crippen molar-refractivity contribution in [1.82, 2.24) is 30.2 Å². The number of benzene rings is 3. The summed E-state index contributed by atoms with van der Waals surface area (Å²) in [5.41, 5.74) is 8.13. The predicted octanol–water partition coefficient (Wildman–Crippen LogP) is 7.12. The highest BCUT2D eigenvalue weighted by atomic mass is 35.5. The molecule has 0 saturated carbocycles. The number of anilines is 1. The molecule has 2 N–H and O–H groups in total. The molecule has 0 aliphatic heterocycles. The zero-order valence-electron chi connectivity index (χ0n) is 22.0. The molecule has 0 aliphatic rings. The van der Waals surface area contributed by atoms with Crippen LogP contribution in [0.1, 0.15) is 17.0 Å². The van der Waals surface area contributed by atoms with Crippen LogP contribution in [0.25, 0.3) is 39.6 Å². The minimum atomic E-state index is -1.11. The highest BCUT2D eigenvalue weighted by molar-refractivity contribution is 6.31. The van der Waals surface area contributed by atoms with E-state index in [2.05, 4.69) is 26.9 Å². The van der Waals surface area contributed by atoms with E-state index < -0.39 is 6.09 Å². The quantitative estimate of drug-likeness (QED) is 0.209. The molecule has 0 fully saturated rings. The summed E-state index contributed by atoms with van der Waals surface area (Å²) in [6, 6.07) is 30.5. The van der Waals surface area contributed by atoms with Gasteiger partial charge in [-0.2, -0.15) is 4.68 Å². The number of tetrazole rings is 1. The van der Waals surface area contributed by atoms with Crippen molar-refractivity contribution in [3.63, 3.8) is 0 Å². The number of rotatable bonds is 7. The summed E-state index contributed by atoms with van der Waals surface area (Å²) in [6.45, 7) is 0. The molecule has 0 unspecified atom stereocenters. The summed E-state index contributed by atoms with van der Waals surface area (Å²) in [5.74, 6) is 0. The Morgan fingerprint density at radius 3 is 2.36 bits per heavy atom. The van der Waals surface area contributed by atoms with Crippen molar-refractivity contribution in [2.24, 2.45) is 0 Å². The van der Waals surface area contributed by atoms with Crippen LogP contribution in [0.5, 0.6) is 0 Å². The zero-order chi connectivity index (χ0) is 28.9. The minimum absolute atomic E-state index is 0.498. The third kappa shape index (κ3) is 5.91. The van der Waals surface area contributed by atoms with E-state index in [4.69, 9.17) is 26.7 Å². The lowest BCUT2D eigenvalue weighted by Gasteiger charge is -2.12. The van der Waals surface area contributed by atoms with Gasteiger partial charge in [-0.15, -0.1) is 5.10 Å². The maximum atomic E-state index is 11.0. The summed E-state index contributed by atoms with van der Waals surface area (Å²) in [4.78, 5) is 20.5. The smallest absolute Gasteiger partial charge is 0.409 e. The third-order valence-corrected chi connectivity index (χ3v) is 6.76. The van der Waals surface area contributed by atoms with Gasteiger partial charge in [-0.05, 0) is 81.7 Å². The SMILES string of the molecule is O=C(O)Nc1ccc(-c2ccnc(/C(=C\c3ccccc3)c3ccc(-c4cc(Cl)ccc4-n4cnnn4)cn3)c2)cc1. The fourth-order valence-electron chi connectivity index (χ4n) is 4.55. The lowest BCUT2D eigenvalue weighted by molar-refractivity contribution is 0.209. The van der Waals surface area contributed by atoms with Gasteiger partial charge in [0, 0.05) is 39.8 Å². The van der Waals surface area contributed by atoms with Crippen LogP contribution in [-0.4, -0.2) is 41.4 Å². The number of halogens is 1. The van der Waals surface area contributed by atoms with Crippen molar-refractivity contribution in [2.75, 3.05) is 5.32 Å². The molecule has 10 heteroatoms. The van der Waals surface area contributed by atoms with Gasteiger partial charge in [0.25, 0.3) is 0 Å². The fourth-order valence-corrected chi connectivity index (χ4v) is 4.72. The first-order valence-corrected chi connectivity index (χ1v) is 13.2. The lowest BCUT2D eigenvalue weighted by atomic mass is 9.98. The fraction of sp³-hybridized carbons (Fsp3) is 0. The zero-order valence-corrected chi connectivity index (χ0v) is 22.7. The summed E-state index contributed by atoms with van der Waals surface area (Å²) in [7, 11) is 0. The van der Waals surface area contributed by atoms with E-state index in [9.17, 15) is 4.79 Å². The van der Waals surface area contributed by atoms with Crippen molar-refractivity contribution in [1.29, 1.82) is 0 Å². The van der Waals surface area contributed by atoms with Crippen LogP contribution in [0.15, 0.2) is 116 Å². The Labute approximate surface area is 245 Å². The molecule has 0 spiro atoms. The van der Waals surface area contributed by atoms with E-state index in [0.717, 1.165) is 50.5 Å². The summed E-state index contributed by atoms with van der Waals surface area (Å²) in [6.07, 6.45) is 6.03. The number of nitrogens with one attached hydrogen (secondary N) is 1. The van der Waals surface area contributed by atoms with Gasteiger partial charge in [0.15, 0.2) is 0 Å². The highest BCUT2D eigenvalue weighted by Crippen LogP contribution is 2.32. The predicted molar refractivity (Wildman–Crippen MR) is 162 cm³/mol. The molecule has 1 amide bonds. The van der Waals surface area contributed by atoms with Gasteiger partial charge in [-0.25, -0.2) is 4.79 Å². The second-order valence-electron chi connectivity index (χ2n) is 9.25. The number of hydrogen-bond donors (Lipinski definition) is 2. The Bertz CT molecular complexity index is 1870. The lowest BCUT2D eigenvalue weighted by Crippen LogP contribution is -2.06. The van der Waals surface area contributed by atoms with Crippen molar-refractivity contribution in [3.05, 3.63) is 138 Å². The van der Waals surface area contributed by atoms with Gasteiger partial charge in [-0.1, -0.05) is 60.1 Å². The van der Waals surface area contributed by atoms with E-state index in [-0.39, 0.29) is 0 Å². The second-order valence-corrected chi connectivity index (χ2v) is 9.69. The molecule has 0 saturated heterocycles. The number of hydrogen-bond acceptors (Lipinski definition) is 6. The third-order valence-electron chi connectivity index (χ3n) is 6.52. The molecule has 6 rings (SSSR count). The summed E-state index contributed by atoms with van der Waals surface area (Å²) >= 11 is 6.35. The molecule has 3 heterocycles. The van der Waals surface area contributed by atoms with Crippen LogP contribution in [0, 0.1) is 0 Å². The van der Waals surface area contributed by atoms with Crippen LogP contribution in [0.4, 0.5) is 10.5 Å². The van der Waals surface area contributed by atoms with Crippen LogP contribution < -0.4 is 5.32 Å². The molecule has 0 aliphatic carbocycles. The first-order valence-electron chi connectivity index (χ1n) is 12.9. The molecule has 3 aromatic heterocycles. The van der Waals surface area contributed by atoms with E-state index in [1.807, 2.05) is 78.9 Å². The molecular formula is C32H22ClN7O2. The Kier molecular flexibility index (Phi) is 7.48. The first-order chi connectivity index (χ1) is 20.5. The van der Waals surface area contributed by atoms with Gasteiger partial charge in [-0.3, -0.25) is 15.3 Å². The van der Waals surface area contributed by atoms with E-state index in [0.29, 0.717) is 10.7 Å². The molecule has 6 aromatic rings. The normalized spacial score (nSPS) is 11.3. The molecule has 3 aromatic carbocycles. The molecule has 0 radical (unpaired) electrons. The first kappa shape index (κ1) is 26.5. The molecule has 9 nitrogen and oxygen atoms in total. The van der Waals surface area contributed by atoms with Crippen molar-refractivity contribution in [2.45, 2.75) is 0 Å². The molecular weight excluding hydrogens is 550 g/mol. The monoisotopic (exact) mass is 571 g/mol. The van der Waals surface area contributed by atoms with E-state index in [1.54, 1.807) is 35.3 Å². The second kappa shape index (κ2) is 11.8. The number of aromatic nitrogens is 6. The van der Waals surface area contributed by atoms with Crippen molar-refractivity contribution in [3.8, 4) is 27.9 Å². The maximum Gasteiger partial charge on any atom is 0.409 e. The van der Waals surface area contributed by atoms with Crippen LogP contribution in [0.2, 0.25) is 5.02 Å². The maximum absolute atomic E-state index is 11.0. The van der Waals surface area contributed by atoms with Gasteiger partial charge in [0.05, 0.1) is 17.1 Å². The van der Waals surface area contributed by atoms with Crippen LogP contribution in [0.3, 0.4) is 0 Å². The topological polar surface area (TPSA) is 119 Å². The van der Waals surface area contributed by atoms with Gasteiger partial charge in [0.2, 0.25) is 0 Å². The molecule has 0 bridgehead atoms.